The molecule has 0 atom stereocenters. The van der Waals surface area contributed by atoms with Crippen LogP contribution < -0.4 is 5.56 Å². The van der Waals surface area contributed by atoms with Gasteiger partial charge in [-0.25, -0.2) is 4.98 Å². The minimum atomic E-state index is 0.0525. The zero-order valence-corrected chi connectivity index (χ0v) is 11.2. The lowest BCUT2D eigenvalue weighted by Crippen LogP contribution is -2.21. The minimum absolute atomic E-state index is 0.0525. The first kappa shape index (κ1) is 11.8. The predicted molar refractivity (Wildman–Crippen MR) is 75.0 cm³/mol. The maximum atomic E-state index is 12.2. The van der Waals surface area contributed by atoms with E-state index in [0.29, 0.717) is 5.39 Å². The van der Waals surface area contributed by atoms with E-state index in [4.69, 9.17) is 0 Å². The molecule has 1 aliphatic rings. The highest BCUT2D eigenvalue weighted by Crippen LogP contribution is 2.31. The molecular weight excluding hydrogens is 244 g/mol. The van der Waals surface area contributed by atoms with E-state index in [0.717, 1.165) is 22.3 Å². The van der Waals surface area contributed by atoms with Crippen LogP contribution in [0, 0.1) is 5.92 Å². The highest BCUT2D eigenvalue weighted by Gasteiger charge is 2.18. The average Bonchev–Trinajstić information content (AvgIpc) is 2.33. The molecule has 0 unspecified atom stereocenters. The molecule has 1 saturated carbocycles. The van der Waals surface area contributed by atoms with Crippen molar-refractivity contribution in [2.75, 3.05) is 5.75 Å². The van der Waals surface area contributed by atoms with Crippen LogP contribution in [-0.4, -0.2) is 15.3 Å². The van der Waals surface area contributed by atoms with Crippen molar-refractivity contribution in [2.45, 2.75) is 24.4 Å². The van der Waals surface area contributed by atoms with Crippen molar-refractivity contribution in [3.05, 3.63) is 34.6 Å². The second-order valence-corrected chi connectivity index (χ2v) is 5.87. The lowest BCUT2D eigenvalue weighted by Gasteiger charge is -2.24. The van der Waals surface area contributed by atoms with E-state index in [9.17, 15) is 4.79 Å². The SMILES string of the molecule is Cn1c(SCC2CCC2)nc2ccccc2c1=O. The molecule has 2 aromatic rings. The second kappa shape index (κ2) is 4.76. The molecule has 0 amide bonds. The Kier molecular flexibility index (Phi) is 3.12. The van der Waals surface area contributed by atoms with E-state index in [2.05, 4.69) is 4.98 Å². The zero-order valence-electron chi connectivity index (χ0n) is 10.4. The smallest absolute Gasteiger partial charge is 0.261 e. The van der Waals surface area contributed by atoms with Crippen LogP contribution in [0.3, 0.4) is 0 Å². The Bertz CT molecular complexity index is 631. The molecule has 0 radical (unpaired) electrons. The van der Waals surface area contributed by atoms with Crippen molar-refractivity contribution in [1.82, 2.24) is 9.55 Å². The summed E-state index contributed by atoms with van der Waals surface area (Å²) in [6, 6.07) is 7.55. The fourth-order valence-corrected chi connectivity index (χ4v) is 3.34. The molecule has 0 bridgehead atoms. The Labute approximate surface area is 110 Å². The molecule has 0 N–H and O–H groups in total. The van der Waals surface area contributed by atoms with Gasteiger partial charge in [-0.05, 0) is 30.9 Å². The molecule has 4 heteroatoms. The fourth-order valence-electron chi connectivity index (χ4n) is 2.18. The number of rotatable bonds is 3. The van der Waals surface area contributed by atoms with Gasteiger partial charge in [-0.2, -0.15) is 0 Å². The first-order valence-electron chi connectivity index (χ1n) is 6.34. The molecule has 0 spiro atoms. The number of thioether (sulfide) groups is 1. The summed E-state index contributed by atoms with van der Waals surface area (Å²) in [5.74, 6) is 1.90. The topological polar surface area (TPSA) is 34.9 Å². The monoisotopic (exact) mass is 260 g/mol. The molecule has 1 aromatic carbocycles. The normalized spacial score (nSPS) is 15.8. The van der Waals surface area contributed by atoms with Crippen LogP contribution >= 0.6 is 11.8 Å². The summed E-state index contributed by atoms with van der Waals surface area (Å²) in [6.07, 6.45) is 4.01. The summed E-state index contributed by atoms with van der Waals surface area (Å²) in [7, 11) is 1.81. The lowest BCUT2D eigenvalue weighted by atomic mass is 9.87. The number of aromatic nitrogens is 2. The van der Waals surface area contributed by atoms with Gasteiger partial charge < -0.3 is 0 Å². The van der Waals surface area contributed by atoms with Crippen molar-refractivity contribution in [1.29, 1.82) is 0 Å². The highest BCUT2D eigenvalue weighted by atomic mass is 32.2. The quantitative estimate of drug-likeness (QED) is 0.629. The summed E-state index contributed by atoms with van der Waals surface area (Å²) < 4.78 is 1.67. The van der Waals surface area contributed by atoms with Gasteiger partial charge in [-0.15, -0.1) is 0 Å². The Balaban J connectivity index is 1.95. The zero-order chi connectivity index (χ0) is 12.5. The molecule has 1 aromatic heterocycles. The molecule has 3 rings (SSSR count). The number of nitrogens with zero attached hydrogens (tertiary/aromatic N) is 2. The van der Waals surface area contributed by atoms with Crippen LogP contribution in [0.15, 0.2) is 34.2 Å². The fraction of sp³-hybridized carbons (Fsp3) is 0.429. The van der Waals surface area contributed by atoms with Gasteiger partial charge in [0, 0.05) is 12.8 Å². The Morgan fingerprint density at radius 1 is 1.39 bits per heavy atom. The Morgan fingerprint density at radius 3 is 2.89 bits per heavy atom. The van der Waals surface area contributed by atoms with Crippen LogP contribution in [0.1, 0.15) is 19.3 Å². The van der Waals surface area contributed by atoms with Gasteiger partial charge in [-0.1, -0.05) is 30.3 Å². The van der Waals surface area contributed by atoms with Crippen LogP contribution in [-0.2, 0) is 7.05 Å². The standard InChI is InChI=1S/C14H16N2OS/c1-16-13(17)11-7-2-3-8-12(11)15-14(16)18-9-10-5-4-6-10/h2-3,7-8,10H,4-6,9H2,1H3. The molecule has 18 heavy (non-hydrogen) atoms. The van der Waals surface area contributed by atoms with Crippen molar-refractivity contribution >= 4 is 22.7 Å². The predicted octanol–water partition coefficient (Wildman–Crippen LogP) is 2.83. The van der Waals surface area contributed by atoms with E-state index in [1.165, 1.54) is 19.3 Å². The number of fused-ring (bicyclic) bond motifs is 1. The molecule has 94 valence electrons. The van der Waals surface area contributed by atoms with Gasteiger partial charge in [0.25, 0.3) is 5.56 Å². The first-order chi connectivity index (χ1) is 8.75. The van der Waals surface area contributed by atoms with Gasteiger partial charge in [0.2, 0.25) is 0 Å². The Morgan fingerprint density at radius 2 is 2.17 bits per heavy atom. The summed E-state index contributed by atoms with van der Waals surface area (Å²) in [5, 5.41) is 1.54. The van der Waals surface area contributed by atoms with Gasteiger partial charge in [-0.3, -0.25) is 9.36 Å². The van der Waals surface area contributed by atoms with Crippen molar-refractivity contribution < 1.29 is 0 Å². The molecule has 1 heterocycles. The van der Waals surface area contributed by atoms with E-state index in [1.54, 1.807) is 16.3 Å². The third kappa shape index (κ3) is 2.05. The average molecular weight is 260 g/mol. The number of benzene rings is 1. The first-order valence-corrected chi connectivity index (χ1v) is 7.33. The van der Waals surface area contributed by atoms with Gasteiger partial charge in [0.15, 0.2) is 5.16 Å². The molecule has 0 saturated heterocycles. The lowest BCUT2D eigenvalue weighted by molar-refractivity contribution is 0.353. The van der Waals surface area contributed by atoms with Crippen molar-refractivity contribution in [3.63, 3.8) is 0 Å². The number of hydrogen-bond acceptors (Lipinski definition) is 3. The number of para-hydroxylation sites is 1. The van der Waals surface area contributed by atoms with Gasteiger partial charge in [0.1, 0.15) is 0 Å². The summed E-state index contributed by atoms with van der Waals surface area (Å²) in [5.41, 5.74) is 0.855. The van der Waals surface area contributed by atoms with Crippen LogP contribution in [0.25, 0.3) is 10.9 Å². The third-order valence-electron chi connectivity index (χ3n) is 3.61. The largest absolute Gasteiger partial charge is 0.290 e. The van der Waals surface area contributed by atoms with Gasteiger partial charge in [0.05, 0.1) is 10.9 Å². The molecule has 0 aliphatic heterocycles. The van der Waals surface area contributed by atoms with Crippen LogP contribution in [0.2, 0.25) is 0 Å². The van der Waals surface area contributed by atoms with Crippen LogP contribution in [0.4, 0.5) is 0 Å². The van der Waals surface area contributed by atoms with Crippen molar-refractivity contribution in [3.8, 4) is 0 Å². The maximum absolute atomic E-state index is 12.2. The number of hydrogen-bond donors (Lipinski definition) is 0. The molecule has 1 aliphatic carbocycles. The van der Waals surface area contributed by atoms with E-state index in [-0.39, 0.29) is 5.56 Å². The van der Waals surface area contributed by atoms with E-state index in [1.807, 2.05) is 31.3 Å². The summed E-state index contributed by atoms with van der Waals surface area (Å²) >= 11 is 1.71. The molecule has 3 nitrogen and oxygen atoms in total. The maximum Gasteiger partial charge on any atom is 0.261 e. The molecular formula is C14H16N2OS. The second-order valence-electron chi connectivity index (χ2n) is 4.88. The highest BCUT2D eigenvalue weighted by molar-refractivity contribution is 7.99. The Hall–Kier alpha value is -1.29. The van der Waals surface area contributed by atoms with E-state index < -0.39 is 0 Å². The molecule has 1 fully saturated rings. The third-order valence-corrected chi connectivity index (χ3v) is 4.88. The van der Waals surface area contributed by atoms with Crippen molar-refractivity contribution in [2.24, 2.45) is 13.0 Å². The van der Waals surface area contributed by atoms with E-state index >= 15 is 0 Å². The van der Waals surface area contributed by atoms with Gasteiger partial charge >= 0.3 is 0 Å². The minimum Gasteiger partial charge on any atom is -0.290 e. The van der Waals surface area contributed by atoms with Crippen LogP contribution in [0.5, 0.6) is 0 Å². The summed E-state index contributed by atoms with van der Waals surface area (Å²) in [4.78, 5) is 16.8. The summed E-state index contributed by atoms with van der Waals surface area (Å²) in [6.45, 7) is 0.